The molecular weight excluding hydrogens is 468 g/mol. The molecule has 2 aromatic rings. The van der Waals surface area contributed by atoms with E-state index >= 15 is 0 Å². The number of Topliss-reactive ketones (excluding diaryl/α,β-unsaturated/α-hetero) is 1. The fraction of sp³-hybridized carbons (Fsp3) is 0.385. The summed E-state index contributed by atoms with van der Waals surface area (Å²) in [7, 11) is 1.30. The standard InChI is InChI=1S/C26H26N2O6S/c1-4-12-33-16-9-7-8-15(13-16)20-19-21(29)17-10-5-6-11-18(17)34-22(19)24(30)28(20)26-27-14(2)23(35-26)25(31)32-3/h4,7-9,13,17-18,20H,1,5-6,10-12H2,2-3H3. The maximum atomic E-state index is 13.8. The van der Waals surface area contributed by atoms with Crippen LogP contribution in [-0.2, 0) is 19.1 Å². The van der Waals surface area contributed by atoms with E-state index in [1.165, 1.54) is 12.0 Å². The van der Waals surface area contributed by atoms with Crippen LogP contribution in [0.1, 0.15) is 52.7 Å². The summed E-state index contributed by atoms with van der Waals surface area (Å²) < 4.78 is 16.8. The van der Waals surface area contributed by atoms with Crippen LogP contribution in [0.3, 0.4) is 0 Å². The van der Waals surface area contributed by atoms with Gasteiger partial charge in [0.1, 0.15) is 23.3 Å². The van der Waals surface area contributed by atoms with Gasteiger partial charge in [0.15, 0.2) is 16.7 Å². The van der Waals surface area contributed by atoms with Crippen molar-refractivity contribution in [1.29, 1.82) is 0 Å². The van der Waals surface area contributed by atoms with E-state index in [1.54, 1.807) is 13.0 Å². The third-order valence-corrected chi connectivity index (χ3v) is 7.80. The smallest absolute Gasteiger partial charge is 0.350 e. The summed E-state index contributed by atoms with van der Waals surface area (Å²) in [6, 6.07) is 6.55. The van der Waals surface area contributed by atoms with Crippen LogP contribution in [0.5, 0.6) is 5.75 Å². The Labute approximate surface area is 207 Å². The van der Waals surface area contributed by atoms with E-state index in [2.05, 4.69) is 11.6 Å². The lowest BCUT2D eigenvalue weighted by atomic mass is 9.77. The van der Waals surface area contributed by atoms with Crippen molar-refractivity contribution in [1.82, 2.24) is 4.98 Å². The fourth-order valence-electron chi connectivity index (χ4n) is 5.05. The minimum atomic E-state index is -0.740. The Kier molecular flexibility index (Phi) is 6.19. The first kappa shape index (κ1) is 23.3. The molecule has 5 rings (SSSR count). The predicted octanol–water partition coefficient (Wildman–Crippen LogP) is 4.30. The Hall–Kier alpha value is -3.46. The van der Waals surface area contributed by atoms with Gasteiger partial charge in [-0.05, 0) is 43.9 Å². The molecule has 0 saturated heterocycles. The lowest BCUT2D eigenvalue weighted by molar-refractivity contribution is -0.131. The fourth-order valence-corrected chi connectivity index (χ4v) is 6.07. The second kappa shape index (κ2) is 9.30. The van der Waals surface area contributed by atoms with Crippen molar-refractivity contribution in [2.24, 2.45) is 5.92 Å². The number of methoxy groups -OCH3 is 1. The summed E-state index contributed by atoms with van der Waals surface area (Å²) in [6.07, 6.45) is 4.78. The molecule has 2 aliphatic heterocycles. The van der Waals surface area contributed by atoms with Crippen LogP contribution in [0.15, 0.2) is 48.3 Å². The molecule has 0 N–H and O–H groups in total. The number of ether oxygens (including phenoxy) is 3. The minimum absolute atomic E-state index is 0.0457. The van der Waals surface area contributed by atoms with Crippen LogP contribution >= 0.6 is 11.3 Å². The van der Waals surface area contributed by atoms with Gasteiger partial charge in [-0.1, -0.05) is 42.5 Å². The first-order valence-electron chi connectivity index (χ1n) is 11.6. The highest BCUT2D eigenvalue weighted by atomic mass is 32.1. The molecule has 1 aliphatic carbocycles. The Morgan fingerprint density at radius 3 is 2.89 bits per heavy atom. The van der Waals surface area contributed by atoms with E-state index in [-0.39, 0.29) is 23.6 Å². The van der Waals surface area contributed by atoms with Crippen molar-refractivity contribution in [2.45, 2.75) is 44.8 Å². The predicted molar refractivity (Wildman–Crippen MR) is 129 cm³/mol. The highest BCUT2D eigenvalue weighted by Gasteiger charge is 2.53. The van der Waals surface area contributed by atoms with Crippen LogP contribution in [0.4, 0.5) is 5.13 Å². The van der Waals surface area contributed by atoms with E-state index in [1.807, 2.05) is 24.3 Å². The van der Waals surface area contributed by atoms with E-state index in [0.717, 1.165) is 37.0 Å². The number of hydrogen-bond acceptors (Lipinski definition) is 8. The first-order chi connectivity index (χ1) is 16.9. The molecule has 1 fully saturated rings. The minimum Gasteiger partial charge on any atom is -0.490 e. The maximum Gasteiger partial charge on any atom is 0.350 e. The molecule has 1 aromatic carbocycles. The second-order valence-corrected chi connectivity index (χ2v) is 9.78. The summed E-state index contributed by atoms with van der Waals surface area (Å²) >= 11 is 1.06. The summed E-state index contributed by atoms with van der Waals surface area (Å²) in [6.45, 7) is 5.69. The molecule has 0 spiro atoms. The molecule has 1 aromatic heterocycles. The number of amides is 1. The molecule has 8 nitrogen and oxygen atoms in total. The number of aromatic nitrogens is 1. The molecule has 35 heavy (non-hydrogen) atoms. The maximum absolute atomic E-state index is 13.8. The number of carbonyl (C=O) groups is 3. The Bertz CT molecular complexity index is 1250. The molecule has 1 saturated carbocycles. The van der Waals surface area contributed by atoms with Crippen LogP contribution in [0, 0.1) is 12.8 Å². The van der Waals surface area contributed by atoms with Crippen LogP contribution in [0.2, 0.25) is 0 Å². The van der Waals surface area contributed by atoms with Crippen molar-refractivity contribution >= 4 is 34.1 Å². The van der Waals surface area contributed by atoms with Crippen LogP contribution < -0.4 is 9.64 Å². The number of anilines is 1. The third kappa shape index (κ3) is 3.93. The molecule has 0 radical (unpaired) electrons. The Morgan fingerprint density at radius 2 is 2.11 bits per heavy atom. The Morgan fingerprint density at radius 1 is 1.31 bits per heavy atom. The number of benzene rings is 1. The van der Waals surface area contributed by atoms with Gasteiger partial charge in [-0.2, -0.15) is 0 Å². The molecule has 182 valence electrons. The van der Waals surface area contributed by atoms with Crippen LogP contribution in [-0.4, -0.2) is 42.5 Å². The highest BCUT2D eigenvalue weighted by Crippen LogP contribution is 2.49. The number of rotatable bonds is 6. The number of thiazole rings is 1. The van der Waals surface area contributed by atoms with Gasteiger partial charge in [0.2, 0.25) is 0 Å². The van der Waals surface area contributed by atoms with Crippen molar-refractivity contribution in [3.8, 4) is 5.75 Å². The summed E-state index contributed by atoms with van der Waals surface area (Å²) in [5.41, 5.74) is 1.51. The average molecular weight is 495 g/mol. The van der Waals surface area contributed by atoms with Gasteiger partial charge >= 0.3 is 5.97 Å². The zero-order valence-electron chi connectivity index (χ0n) is 19.6. The second-order valence-electron chi connectivity index (χ2n) is 8.81. The van der Waals surface area contributed by atoms with Gasteiger partial charge in [0, 0.05) is 0 Å². The van der Waals surface area contributed by atoms with Gasteiger partial charge in [0.05, 0.1) is 30.3 Å². The lowest BCUT2D eigenvalue weighted by Gasteiger charge is -2.35. The van der Waals surface area contributed by atoms with Crippen molar-refractivity contribution in [2.75, 3.05) is 18.6 Å². The topological polar surface area (TPSA) is 95.0 Å². The number of aryl methyl sites for hydroxylation is 1. The quantitative estimate of drug-likeness (QED) is 0.436. The molecule has 3 aliphatic rings. The molecule has 3 unspecified atom stereocenters. The van der Waals surface area contributed by atoms with Crippen molar-refractivity contribution < 1.29 is 28.6 Å². The number of hydrogen-bond donors (Lipinski definition) is 0. The lowest BCUT2D eigenvalue weighted by Crippen LogP contribution is -2.39. The van der Waals surface area contributed by atoms with E-state index in [0.29, 0.717) is 39.2 Å². The summed E-state index contributed by atoms with van der Waals surface area (Å²) in [5, 5.41) is 0.309. The van der Waals surface area contributed by atoms with E-state index in [4.69, 9.17) is 14.2 Å². The van der Waals surface area contributed by atoms with Crippen molar-refractivity contribution in [3.63, 3.8) is 0 Å². The molecule has 3 heterocycles. The molecule has 3 atom stereocenters. The van der Waals surface area contributed by atoms with Gasteiger partial charge in [-0.3, -0.25) is 14.5 Å². The number of ketones is 1. The average Bonchev–Trinajstić information content (AvgIpc) is 3.40. The van der Waals surface area contributed by atoms with Gasteiger partial charge in [-0.25, -0.2) is 9.78 Å². The Balaban J connectivity index is 1.63. The normalized spacial score (nSPS) is 23.5. The largest absolute Gasteiger partial charge is 0.490 e. The van der Waals surface area contributed by atoms with Crippen LogP contribution in [0.25, 0.3) is 0 Å². The van der Waals surface area contributed by atoms with E-state index in [9.17, 15) is 14.4 Å². The van der Waals surface area contributed by atoms with Crippen molar-refractivity contribution in [3.05, 3.63) is 64.4 Å². The molecular formula is C26H26N2O6S. The summed E-state index contributed by atoms with van der Waals surface area (Å²) in [4.78, 5) is 46.1. The van der Waals surface area contributed by atoms with E-state index < -0.39 is 17.9 Å². The van der Waals surface area contributed by atoms with Gasteiger partial charge in [0.25, 0.3) is 5.91 Å². The number of fused-ring (bicyclic) bond motifs is 1. The SMILES string of the molecule is C=CCOc1cccc(C2C3=C(OC4CCCCC4C3=O)C(=O)N2c2nc(C)c(C(=O)OC)s2)c1. The highest BCUT2D eigenvalue weighted by molar-refractivity contribution is 7.17. The van der Waals surface area contributed by atoms with Gasteiger partial charge in [-0.15, -0.1) is 0 Å². The third-order valence-electron chi connectivity index (χ3n) is 6.67. The molecule has 0 bridgehead atoms. The molecule has 1 amide bonds. The summed E-state index contributed by atoms with van der Waals surface area (Å²) in [5.74, 6) is -0.574. The number of nitrogens with zero attached hydrogens (tertiary/aromatic N) is 2. The monoisotopic (exact) mass is 494 g/mol. The number of esters is 1. The zero-order valence-corrected chi connectivity index (χ0v) is 20.4. The zero-order chi connectivity index (χ0) is 24.7. The number of carbonyl (C=O) groups excluding carboxylic acids is 3. The van der Waals surface area contributed by atoms with Gasteiger partial charge < -0.3 is 14.2 Å². The first-order valence-corrected chi connectivity index (χ1v) is 12.4. The molecule has 9 heteroatoms.